The van der Waals surface area contributed by atoms with Crippen molar-refractivity contribution in [2.45, 2.75) is 6.61 Å². The molecule has 0 aromatic heterocycles. The van der Waals surface area contributed by atoms with Crippen molar-refractivity contribution in [3.05, 3.63) is 97.0 Å². The topological polar surface area (TPSA) is 57.1 Å². The standard InChI is InChI=1S/C24H16Br2ClNO4/c1-30-21-12-15(10-19(27)22(21)31-13-14-2-6-17(25)7-3-14)11-20-24(29)32-23(28-20)16-4-8-18(26)9-5-16/h2-12H,13H2,1H3/b20-11-. The van der Waals surface area contributed by atoms with Gasteiger partial charge < -0.3 is 14.2 Å². The average molecular weight is 578 g/mol. The molecule has 162 valence electrons. The number of nitrogens with zero attached hydrogens (tertiary/aromatic N) is 1. The lowest BCUT2D eigenvalue weighted by molar-refractivity contribution is -0.129. The van der Waals surface area contributed by atoms with E-state index >= 15 is 0 Å². The maximum atomic E-state index is 12.3. The van der Waals surface area contributed by atoms with Crippen molar-refractivity contribution in [3.63, 3.8) is 0 Å². The largest absolute Gasteiger partial charge is 0.493 e. The van der Waals surface area contributed by atoms with Crippen LogP contribution in [0.4, 0.5) is 0 Å². The molecule has 1 heterocycles. The van der Waals surface area contributed by atoms with Crippen molar-refractivity contribution in [1.82, 2.24) is 0 Å². The number of aliphatic imine (C=N–C) groups is 1. The zero-order valence-corrected chi connectivity index (χ0v) is 20.7. The highest BCUT2D eigenvalue weighted by Gasteiger charge is 2.24. The first-order chi connectivity index (χ1) is 15.4. The van der Waals surface area contributed by atoms with Gasteiger partial charge in [-0.2, -0.15) is 0 Å². The summed E-state index contributed by atoms with van der Waals surface area (Å²) in [5.74, 6) is 0.590. The predicted molar refractivity (Wildman–Crippen MR) is 131 cm³/mol. The highest BCUT2D eigenvalue weighted by Crippen LogP contribution is 2.38. The van der Waals surface area contributed by atoms with Gasteiger partial charge in [-0.15, -0.1) is 0 Å². The Hall–Kier alpha value is -2.61. The van der Waals surface area contributed by atoms with E-state index in [0.717, 1.165) is 14.5 Å². The highest BCUT2D eigenvalue weighted by molar-refractivity contribution is 9.10. The molecule has 0 amide bonds. The van der Waals surface area contributed by atoms with Crippen LogP contribution in [0.2, 0.25) is 5.02 Å². The van der Waals surface area contributed by atoms with E-state index < -0.39 is 5.97 Å². The fourth-order valence-electron chi connectivity index (χ4n) is 2.98. The molecule has 1 aliphatic heterocycles. The van der Waals surface area contributed by atoms with Crippen LogP contribution in [0.15, 0.2) is 80.3 Å². The Bertz CT molecular complexity index is 1220. The van der Waals surface area contributed by atoms with Gasteiger partial charge in [0.2, 0.25) is 5.90 Å². The minimum atomic E-state index is -0.534. The van der Waals surface area contributed by atoms with E-state index in [1.807, 2.05) is 48.5 Å². The van der Waals surface area contributed by atoms with E-state index in [4.69, 9.17) is 25.8 Å². The molecule has 0 saturated heterocycles. The number of cyclic esters (lactones) is 1. The van der Waals surface area contributed by atoms with Crippen molar-refractivity contribution in [1.29, 1.82) is 0 Å². The molecule has 0 spiro atoms. The maximum Gasteiger partial charge on any atom is 0.363 e. The van der Waals surface area contributed by atoms with Gasteiger partial charge in [-0.05, 0) is 65.7 Å². The second kappa shape index (κ2) is 9.90. The number of hydrogen-bond acceptors (Lipinski definition) is 5. The van der Waals surface area contributed by atoms with Gasteiger partial charge in [-0.25, -0.2) is 9.79 Å². The van der Waals surface area contributed by atoms with Gasteiger partial charge in [0.1, 0.15) is 6.61 Å². The van der Waals surface area contributed by atoms with Gasteiger partial charge in [-0.1, -0.05) is 55.6 Å². The van der Waals surface area contributed by atoms with Gasteiger partial charge in [-0.3, -0.25) is 0 Å². The minimum Gasteiger partial charge on any atom is -0.493 e. The molecule has 0 atom stereocenters. The van der Waals surface area contributed by atoms with Crippen LogP contribution in [0.3, 0.4) is 0 Å². The lowest BCUT2D eigenvalue weighted by Gasteiger charge is -2.13. The number of ether oxygens (including phenoxy) is 3. The Balaban J connectivity index is 1.58. The Labute approximate surface area is 206 Å². The molecular formula is C24H16Br2ClNO4. The molecule has 32 heavy (non-hydrogen) atoms. The third kappa shape index (κ3) is 5.23. The van der Waals surface area contributed by atoms with Crippen molar-refractivity contribution in [2.24, 2.45) is 4.99 Å². The summed E-state index contributed by atoms with van der Waals surface area (Å²) in [5.41, 5.74) is 2.50. The van der Waals surface area contributed by atoms with Gasteiger partial charge in [0.05, 0.1) is 12.1 Å². The number of hydrogen-bond donors (Lipinski definition) is 0. The van der Waals surface area contributed by atoms with E-state index in [1.165, 1.54) is 7.11 Å². The second-order valence-corrected chi connectivity index (χ2v) is 9.03. The van der Waals surface area contributed by atoms with Gasteiger partial charge in [0, 0.05) is 14.5 Å². The first kappa shape index (κ1) is 22.6. The van der Waals surface area contributed by atoms with Gasteiger partial charge >= 0.3 is 5.97 Å². The van der Waals surface area contributed by atoms with E-state index in [9.17, 15) is 4.79 Å². The zero-order valence-electron chi connectivity index (χ0n) is 16.8. The summed E-state index contributed by atoms with van der Waals surface area (Å²) in [7, 11) is 1.53. The minimum absolute atomic E-state index is 0.171. The van der Waals surface area contributed by atoms with Crippen molar-refractivity contribution < 1.29 is 19.0 Å². The van der Waals surface area contributed by atoms with Crippen LogP contribution >= 0.6 is 43.5 Å². The third-order valence-electron chi connectivity index (χ3n) is 4.56. The SMILES string of the molecule is COc1cc(/C=C2\N=C(c3ccc(Br)cc3)OC2=O)cc(Cl)c1OCc1ccc(Br)cc1. The number of halogens is 3. The molecular weight excluding hydrogens is 562 g/mol. The van der Waals surface area contributed by atoms with Crippen LogP contribution in [0.25, 0.3) is 6.08 Å². The monoisotopic (exact) mass is 575 g/mol. The molecule has 0 fully saturated rings. The molecule has 0 N–H and O–H groups in total. The number of carbonyl (C=O) groups is 1. The second-order valence-electron chi connectivity index (χ2n) is 6.79. The molecule has 1 aliphatic rings. The fraction of sp³-hybridized carbons (Fsp3) is 0.0833. The lowest BCUT2D eigenvalue weighted by Crippen LogP contribution is -2.05. The summed E-state index contributed by atoms with van der Waals surface area (Å²) >= 11 is 13.3. The number of rotatable bonds is 6. The average Bonchev–Trinajstić information content (AvgIpc) is 3.14. The van der Waals surface area contributed by atoms with Crippen LogP contribution in [-0.2, 0) is 16.1 Å². The number of methoxy groups -OCH3 is 1. The fourth-order valence-corrected chi connectivity index (χ4v) is 3.78. The summed E-state index contributed by atoms with van der Waals surface area (Å²) in [6.45, 7) is 0.330. The van der Waals surface area contributed by atoms with Crippen LogP contribution < -0.4 is 9.47 Å². The van der Waals surface area contributed by atoms with Crippen LogP contribution in [0.1, 0.15) is 16.7 Å². The highest BCUT2D eigenvalue weighted by atomic mass is 79.9. The molecule has 0 saturated carbocycles. The van der Waals surface area contributed by atoms with E-state index in [0.29, 0.717) is 34.3 Å². The smallest absolute Gasteiger partial charge is 0.363 e. The van der Waals surface area contributed by atoms with Gasteiger partial charge in [0.15, 0.2) is 17.2 Å². The third-order valence-corrected chi connectivity index (χ3v) is 5.90. The van der Waals surface area contributed by atoms with Crippen molar-refractivity contribution >= 4 is 61.4 Å². The molecule has 3 aromatic rings. The number of benzene rings is 3. The summed E-state index contributed by atoms with van der Waals surface area (Å²) in [5, 5.41) is 0.358. The quantitative estimate of drug-likeness (QED) is 0.239. The predicted octanol–water partition coefficient (Wildman–Crippen LogP) is 6.80. The van der Waals surface area contributed by atoms with E-state index in [2.05, 4.69) is 36.9 Å². The van der Waals surface area contributed by atoms with Crippen LogP contribution in [-0.4, -0.2) is 19.0 Å². The van der Waals surface area contributed by atoms with E-state index in [1.54, 1.807) is 18.2 Å². The first-order valence-corrected chi connectivity index (χ1v) is 11.4. The molecule has 0 aliphatic carbocycles. The summed E-state index contributed by atoms with van der Waals surface area (Å²) in [6, 6.07) is 18.5. The molecule has 3 aromatic carbocycles. The first-order valence-electron chi connectivity index (χ1n) is 9.46. The van der Waals surface area contributed by atoms with Crippen molar-refractivity contribution in [3.8, 4) is 11.5 Å². The lowest BCUT2D eigenvalue weighted by atomic mass is 10.1. The Morgan fingerprint density at radius 2 is 1.69 bits per heavy atom. The summed E-state index contributed by atoms with van der Waals surface area (Å²) in [4.78, 5) is 16.6. The van der Waals surface area contributed by atoms with Gasteiger partial charge in [0.25, 0.3) is 0 Å². The Morgan fingerprint density at radius 1 is 1.03 bits per heavy atom. The summed E-state index contributed by atoms with van der Waals surface area (Å²) in [6.07, 6.45) is 1.60. The molecule has 0 radical (unpaired) electrons. The normalized spacial score (nSPS) is 14.3. The Kier molecular flexibility index (Phi) is 6.98. The van der Waals surface area contributed by atoms with Crippen LogP contribution in [0.5, 0.6) is 11.5 Å². The molecule has 8 heteroatoms. The number of carbonyl (C=O) groups excluding carboxylic acids is 1. The Morgan fingerprint density at radius 3 is 2.34 bits per heavy atom. The van der Waals surface area contributed by atoms with Crippen molar-refractivity contribution in [2.75, 3.05) is 7.11 Å². The molecule has 5 nitrogen and oxygen atoms in total. The summed E-state index contributed by atoms with van der Waals surface area (Å²) < 4.78 is 18.6. The molecule has 0 unspecified atom stereocenters. The maximum absolute atomic E-state index is 12.3. The zero-order chi connectivity index (χ0) is 22.7. The number of esters is 1. The molecule has 0 bridgehead atoms. The molecule has 4 rings (SSSR count). The van der Waals surface area contributed by atoms with E-state index in [-0.39, 0.29) is 11.6 Å². The van der Waals surface area contributed by atoms with Crippen LogP contribution in [0, 0.1) is 0 Å².